The minimum Gasteiger partial charge on any atom is -0.266 e. The molecule has 0 saturated carbocycles. The first kappa shape index (κ1) is 18.1. The van der Waals surface area contributed by atoms with Crippen molar-refractivity contribution in [3.63, 3.8) is 0 Å². The van der Waals surface area contributed by atoms with Gasteiger partial charge in [0.1, 0.15) is 0 Å². The summed E-state index contributed by atoms with van der Waals surface area (Å²) >= 11 is 5.75. The molecule has 0 aliphatic rings. The Hall–Kier alpha value is -1.21. The molecule has 2 aromatic carbocycles. The lowest BCUT2D eigenvalue weighted by atomic mass is 10.2. The lowest BCUT2D eigenvalue weighted by Gasteiger charge is -2.24. The van der Waals surface area contributed by atoms with Gasteiger partial charge in [-0.05, 0) is 46.9 Å². The van der Waals surface area contributed by atoms with Crippen molar-refractivity contribution in [3.8, 4) is 0 Å². The van der Waals surface area contributed by atoms with Crippen molar-refractivity contribution in [1.29, 1.82) is 0 Å². The van der Waals surface area contributed by atoms with Crippen LogP contribution in [0.25, 0.3) is 0 Å². The topological polar surface area (TPSA) is 63.2 Å². The van der Waals surface area contributed by atoms with Gasteiger partial charge >= 0.3 is 0 Å². The van der Waals surface area contributed by atoms with E-state index in [0.29, 0.717) is 10.8 Å². The first-order valence-electron chi connectivity index (χ1n) is 7.16. The van der Waals surface area contributed by atoms with E-state index in [-0.39, 0.29) is 10.6 Å². The summed E-state index contributed by atoms with van der Waals surface area (Å²) in [4.78, 5) is 0.582. The molecule has 0 spiro atoms. The summed E-state index contributed by atoms with van der Waals surface area (Å²) in [5, 5.41) is 0. The third-order valence-electron chi connectivity index (χ3n) is 3.55. The SMILES string of the molecule is CC[SH](=O)(NS(=O)(=O)c1ccc(C)cc1)c1ccc(CCl)cc1. The van der Waals surface area contributed by atoms with Crippen LogP contribution in [0.4, 0.5) is 0 Å². The fourth-order valence-corrected chi connectivity index (χ4v) is 6.67. The number of alkyl halides is 1. The van der Waals surface area contributed by atoms with Crippen molar-refractivity contribution in [2.45, 2.75) is 29.5 Å². The van der Waals surface area contributed by atoms with Gasteiger partial charge in [0.05, 0.1) is 4.90 Å². The number of sulfonamides is 1. The summed E-state index contributed by atoms with van der Waals surface area (Å²) in [7, 11) is -7.11. The lowest BCUT2D eigenvalue weighted by Crippen LogP contribution is -2.38. The summed E-state index contributed by atoms with van der Waals surface area (Å²) in [6, 6.07) is 13.3. The average Bonchev–Trinajstić information content (AvgIpc) is 2.55. The van der Waals surface area contributed by atoms with Crippen molar-refractivity contribution in [2.24, 2.45) is 0 Å². The molecule has 0 aliphatic heterocycles. The van der Waals surface area contributed by atoms with Gasteiger partial charge in [-0.2, -0.15) is 0 Å². The maximum atomic E-state index is 13.1. The Morgan fingerprint density at radius 2 is 1.61 bits per heavy atom. The average molecular weight is 374 g/mol. The van der Waals surface area contributed by atoms with Crippen LogP contribution < -0.4 is 4.13 Å². The van der Waals surface area contributed by atoms with Gasteiger partial charge in [-0.3, -0.25) is 4.21 Å². The summed E-state index contributed by atoms with van der Waals surface area (Å²) in [6.45, 7) is 3.58. The molecular formula is C16H20ClNO3S2. The Morgan fingerprint density at radius 3 is 2.09 bits per heavy atom. The molecule has 0 radical (unpaired) electrons. The normalized spacial score (nSPS) is 13.0. The molecule has 126 valence electrons. The minimum absolute atomic E-state index is 0.106. The molecule has 2 aromatic rings. The Balaban J connectivity index is 2.36. The molecule has 0 fully saturated rings. The molecule has 4 nitrogen and oxygen atoms in total. The van der Waals surface area contributed by atoms with E-state index in [9.17, 15) is 12.6 Å². The number of aryl methyl sites for hydroxylation is 1. The second kappa shape index (κ2) is 7.13. The maximum Gasteiger partial charge on any atom is 0.250 e. The number of hydrogen-bond acceptors (Lipinski definition) is 3. The van der Waals surface area contributed by atoms with Crippen LogP contribution in [-0.4, -0.2) is 18.4 Å². The van der Waals surface area contributed by atoms with E-state index in [1.165, 1.54) is 12.1 Å². The number of benzene rings is 2. The fraction of sp³-hybridized carbons (Fsp3) is 0.250. The maximum absolute atomic E-state index is 13.1. The van der Waals surface area contributed by atoms with Crippen LogP contribution in [-0.2, 0) is 26.0 Å². The third kappa shape index (κ3) is 4.20. The van der Waals surface area contributed by atoms with Crippen molar-refractivity contribution >= 4 is 31.7 Å². The van der Waals surface area contributed by atoms with E-state index < -0.39 is 20.1 Å². The second-order valence-electron chi connectivity index (χ2n) is 5.26. The Labute approximate surface area is 143 Å². The number of halogens is 1. The number of rotatable bonds is 6. The molecule has 0 amide bonds. The first-order chi connectivity index (χ1) is 10.8. The first-order valence-corrected chi connectivity index (χ1v) is 11.1. The molecule has 0 bridgehead atoms. The lowest BCUT2D eigenvalue weighted by molar-refractivity contribution is 0.591. The van der Waals surface area contributed by atoms with Crippen molar-refractivity contribution in [3.05, 3.63) is 59.7 Å². The zero-order chi connectivity index (χ0) is 17.1. The fourth-order valence-electron chi connectivity index (χ4n) is 2.09. The van der Waals surface area contributed by atoms with E-state index in [2.05, 4.69) is 4.13 Å². The van der Waals surface area contributed by atoms with Crippen LogP contribution in [0, 0.1) is 6.92 Å². The van der Waals surface area contributed by atoms with Crippen LogP contribution in [0.2, 0.25) is 0 Å². The van der Waals surface area contributed by atoms with Crippen LogP contribution >= 0.6 is 11.6 Å². The van der Waals surface area contributed by atoms with Gasteiger partial charge in [0.25, 0.3) is 0 Å². The number of hydrogen-bond donors (Lipinski definition) is 2. The summed E-state index contributed by atoms with van der Waals surface area (Å²) in [5.74, 6) is 0.546. The summed E-state index contributed by atoms with van der Waals surface area (Å²) in [5.41, 5.74) is 1.85. The van der Waals surface area contributed by atoms with Gasteiger partial charge in [-0.15, -0.1) is 15.7 Å². The molecule has 0 unspecified atom stereocenters. The standard InChI is InChI=1S/C16H20ClNO3S2/c1-3-22(19,15-10-6-14(12-17)7-11-15)18-23(20,21)16-8-4-13(2)5-9-16/h4-11,22H,3,12H2,1-2H3,(H,18,19). The van der Waals surface area contributed by atoms with Crippen LogP contribution in [0.15, 0.2) is 58.3 Å². The van der Waals surface area contributed by atoms with E-state index in [0.717, 1.165) is 11.1 Å². The van der Waals surface area contributed by atoms with Gasteiger partial charge < -0.3 is 0 Å². The summed E-state index contributed by atoms with van der Waals surface area (Å²) < 4.78 is 40.5. The zero-order valence-corrected chi connectivity index (χ0v) is 15.5. The highest BCUT2D eigenvalue weighted by molar-refractivity contribution is 8.11. The molecule has 0 saturated heterocycles. The molecule has 0 atom stereocenters. The molecule has 0 heterocycles. The van der Waals surface area contributed by atoms with Crippen molar-refractivity contribution in [2.75, 3.05) is 5.75 Å². The number of nitrogens with one attached hydrogen (secondary N) is 1. The highest BCUT2D eigenvalue weighted by Gasteiger charge is 2.24. The highest BCUT2D eigenvalue weighted by atomic mass is 35.5. The van der Waals surface area contributed by atoms with Crippen LogP contribution in [0.1, 0.15) is 18.1 Å². The molecule has 7 heteroatoms. The molecule has 1 N–H and O–H groups in total. The Kier molecular flexibility index (Phi) is 5.62. The molecule has 0 aliphatic carbocycles. The monoisotopic (exact) mass is 373 g/mol. The van der Waals surface area contributed by atoms with Gasteiger partial charge in [0.2, 0.25) is 10.0 Å². The van der Waals surface area contributed by atoms with Gasteiger partial charge in [-0.1, -0.05) is 36.8 Å². The largest absolute Gasteiger partial charge is 0.266 e. The van der Waals surface area contributed by atoms with Gasteiger partial charge in [-0.25, -0.2) is 8.42 Å². The Bertz CT molecular complexity index is 815. The Morgan fingerprint density at radius 1 is 1.04 bits per heavy atom. The van der Waals surface area contributed by atoms with Crippen molar-refractivity contribution in [1.82, 2.24) is 4.13 Å². The third-order valence-corrected chi connectivity index (χ3v) is 8.92. The zero-order valence-electron chi connectivity index (χ0n) is 13.0. The van der Waals surface area contributed by atoms with Gasteiger partial charge in [0, 0.05) is 16.5 Å². The van der Waals surface area contributed by atoms with E-state index in [1.54, 1.807) is 43.3 Å². The van der Waals surface area contributed by atoms with E-state index in [4.69, 9.17) is 11.6 Å². The predicted molar refractivity (Wildman–Crippen MR) is 95.8 cm³/mol. The molecule has 23 heavy (non-hydrogen) atoms. The minimum atomic E-state index is -3.85. The van der Waals surface area contributed by atoms with Crippen molar-refractivity contribution < 1.29 is 12.6 Å². The summed E-state index contributed by atoms with van der Waals surface area (Å²) in [6.07, 6.45) is 0. The van der Waals surface area contributed by atoms with Crippen LogP contribution in [0.3, 0.4) is 0 Å². The molecular weight excluding hydrogens is 354 g/mol. The quantitative estimate of drug-likeness (QED) is 0.604. The van der Waals surface area contributed by atoms with E-state index >= 15 is 0 Å². The van der Waals surface area contributed by atoms with E-state index in [1.807, 2.05) is 6.92 Å². The predicted octanol–water partition coefficient (Wildman–Crippen LogP) is 3.02. The smallest absolute Gasteiger partial charge is 0.250 e. The molecule has 0 aromatic heterocycles. The second-order valence-corrected chi connectivity index (χ2v) is 10.4. The number of thiol groups is 1. The highest BCUT2D eigenvalue weighted by Crippen LogP contribution is 2.21. The molecule has 2 rings (SSSR count). The van der Waals surface area contributed by atoms with Crippen LogP contribution in [0.5, 0.6) is 0 Å². The van der Waals surface area contributed by atoms with Gasteiger partial charge in [0.15, 0.2) is 0 Å².